The van der Waals surface area contributed by atoms with Crippen LogP contribution in [-0.4, -0.2) is 31.7 Å². The summed E-state index contributed by atoms with van der Waals surface area (Å²) in [5.41, 5.74) is 1.14. The van der Waals surface area contributed by atoms with Crippen LogP contribution in [0.5, 0.6) is 5.75 Å². The first-order chi connectivity index (χ1) is 10.5. The van der Waals surface area contributed by atoms with Crippen molar-refractivity contribution in [2.75, 3.05) is 13.7 Å². The van der Waals surface area contributed by atoms with E-state index in [1.54, 1.807) is 7.11 Å². The van der Waals surface area contributed by atoms with Gasteiger partial charge in [0.05, 0.1) is 25.9 Å². The van der Waals surface area contributed by atoms with Gasteiger partial charge in [0, 0.05) is 13.0 Å². The largest absolute Gasteiger partial charge is 0.497 e. The third-order valence-electron chi connectivity index (χ3n) is 3.66. The molecule has 0 unspecified atom stereocenters. The zero-order valence-electron chi connectivity index (χ0n) is 13.7. The lowest BCUT2D eigenvalue weighted by atomic mass is 10.1. The first-order valence-corrected chi connectivity index (χ1v) is 7.71. The molecule has 1 aromatic rings. The molecular formula is C18H26O4. The lowest BCUT2D eigenvalue weighted by molar-refractivity contribution is -0.292. The Kier molecular flexibility index (Phi) is 6.00. The SMILES string of the molecule is C=C[C@H]1C[C@@H](CCOCc2ccc(OC)cc2)OC(C)(C)O1. The van der Waals surface area contributed by atoms with Gasteiger partial charge in [0.25, 0.3) is 0 Å². The van der Waals surface area contributed by atoms with Gasteiger partial charge < -0.3 is 18.9 Å². The average Bonchev–Trinajstić information content (AvgIpc) is 2.50. The number of ether oxygens (including phenoxy) is 4. The zero-order valence-corrected chi connectivity index (χ0v) is 13.7. The Labute approximate surface area is 133 Å². The molecule has 4 nitrogen and oxygen atoms in total. The Morgan fingerprint density at radius 2 is 2.00 bits per heavy atom. The topological polar surface area (TPSA) is 36.9 Å². The molecule has 0 bridgehead atoms. The fourth-order valence-electron chi connectivity index (χ4n) is 2.60. The van der Waals surface area contributed by atoms with Crippen LogP contribution in [0.4, 0.5) is 0 Å². The first-order valence-electron chi connectivity index (χ1n) is 7.71. The van der Waals surface area contributed by atoms with E-state index in [1.165, 1.54) is 0 Å². The second kappa shape index (κ2) is 7.77. The van der Waals surface area contributed by atoms with Gasteiger partial charge in [0.1, 0.15) is 5.75 Å². The van der Waals surface area contributed by atoms with E-state index in [0.29, 0.717) is 13.2 Å². The average molecular weight is 306 g/mol. The van der Waals surface area contributed by atoms with Gasteiger partial charge in [-0.05, 0) is 38.0 Å². The summed E-state index contributed by atoms with van der Waals surface area (Å²) in [6.07, 6.45) is 3.72. The van der Waals surface area contributed by atoms with Gasteiger partial charge in [0.15, 0.2) is 5.79 Å². The molecule has 1 fully saturated rings. The monoisotopic (exact) mass is 306 g/mol. The van der Waals surface area contributed by atoms with Crippen molar-refractivity contribution in [1.82, 2.24) is 0 Å². The zero-order chi connectivity index (χ0) is 16.0. The Balaban J connectivity index is 1.72. The van der Waals surface area contributed by atoms with E-state index in [9.17, 15) is 0 Å². The van der Waals surface area contributed by atoms with Gasteiger partial charge in [-0.15, -0.1) is 6.58 Å². The summed E-state index contributed by atoms with van der Waals surface area (Å²) in [7, 11) is 1.66. The summed E-state index contributed by atoms with van der Waals surface area (Å²) >= 11 is 0. The van der Waals surface area contributed by atoms with Gasteiger partial charge in [0.2, 0.25) is 0 Å². The van der Waals surface area contributed by atoms with Crippen LogP contribution in [0, 0.1) is 0 Å². The number of methoxy groups -OCH3 is 1. The van der Waals surface area contributed by atoms with Gasteiger partial charge in [-0.2, -0.15) is 0 Å². The molecule has 4 heteroatoms. The maximum absolute atomic E-state index is 5.92. The highest BCUT2D eigenvalue weighted by atomic mass is 16.7. The van der Waals surface area contributed by atoms with E-state index >= 15 is 0 Å². The Morgan fingerprint density at radius 3 is 2.64 bits per heavy atom. The molecule has 0 radical (unpaired) electrons. The van der Waals surface area contributed by atoms with Crippen molar-refractivity contribution in [3.63, 3.8) is 0 Å². The number of benzene rings is 1. The maximum atomic E-state index is 5.92. The van der Waals surface area contributed by atoms with Crippen LogP contribution < -0.4 is 4.74 Å². The summed E-state index contributed by atoms with van der Waals surface area (Å²) in [5, 5.41) is 0. The molecule has 0 amide bonds. The summed E-state index contributed by atoms with van der Waals surface area (Å²) in [6, 6.07) is 7.91. The van der Waals surface area contributed by atoms with Crippen molar-refractivity contribution >= 4 is 0 Å². The molecule has 0 aliphatic carbocycles. The Bertz CT molecular complexity index is 466. The fraction of sp³-hybridized carbons (Fsp3) is 0.556. The van der Waals surface area contributed by atoms with Crippen molar-refractivity contribution in [1.29, 1.82) is 0 Å². The molecule has 1 aromatic carbocycles. The minimum absolute atomic E-state index is 0.0512. The summed E-state index contributed by atoms with van der Waals surface area (Å²) in [4.78, 5) is 0. The third kappa shape index (κ3) is 5.13. The molecule has 2 rings (SSSR count). The lowest BCUT2D eigenvalue weighted by Crippen LogP contribution is -2.44. The smallest absolute Gasteiger partial charge is 0.163 e. The van der Waals surface area contributed by atoms with Crippen LogP contribution in [-0.2, 0) is 20.8 Å². The van der Waals surface area contributed by atoms with E-state index in [2.05, 4.69) is 6.58 Å². The molecule has 1 heterocycles. The van der Waals surface area contributed by atoms with Crippen LogP contribution >= 0.6 is 0 Å². The fourth-order valence-corrected chi connectivity index (χ4v) is 2.60. The number of hydrogen-bond acceptors (Lipinski definition) is 4. The standard InChI is InChI=1S/C18H26O4/c1-5-15-12-17(22-18(2,3)21-15)10-11-20-13-14-6-8-16(19-4)9-7-14/h5-9,15,17H,1,10-13H2,2-4H3/t15-,17+/m0/s1. The van der Waals surface area contributed by atoms with E-state index < -0.39 is 5.79 Å². The molecule has 0 spiro atoms. The number of rotatable bonds is 7. The second-order valence-electron chi connectivity index (χ2n) is 5.96. The van der Waals surface area contributed by atoms with Crippen molar-refractivity contribution in [2.24, 2.45) is 0 Å². The molecule has 1 saturated heterocycles. The molecule has 2 atom stereocenters. The predicted octanol–water partition coefficient (Wildman–Crippen LogP) is 3.70. The minimum Gasteiger partial charge on any atom is -0.497 e. The lowest BCUT2D eigenvalue weighted by Gasteiger charge is -2.39. The van der Waals surface area contributed by atoms with Crippen LogP contribution in [0.1, 0.15) is 32.3 Å². The van der Waals surface area contributed by atoms with Crippen molar-refractivity contribution in [3.05, 3.63) is 42.5 Å². The van der Waals surface area contributed by atoms with Crippen LogP contribution in [0.3, 0.4) is 0 Å². The Morgan fingerprint density at radius 1 is 1.27 bits per heavy atom. The van der Waals surface area contributed by atoms with E-state index in [4.69, 9.17) is 18.9 Å². The molecule has 0 aromatic heterocycles. The molecule has 1 aliphatic heterocycles. The molecule has 22 heavy (non-hydrogen) atoms. The maximum Gasteiger partial charge on any atom is 0.163 e. The summed E-state index contributed by atoms with van der Waals surface area (Å²) in [6.45, 7) is 8.95. The molecule has 0 N–H and O–H groups in total. The normalized spacial score (nSPS) is 24.0. The van der Waals surface area contributed by atoms with Crippen molar-refractivity contribution < 1.29 is 18.9 Å². The van der Waals surface area contributed by atoms with Gasteiger partial charge in [-0.3, -0.25) is 0 Å². The predicted molar refractivity (Wildman–Crippen MR) is 85.9 cm³/mol. The summed E-state index contributed by atoms with van der Waals surface area (Å²) < 4.78 is 22.6. The molecule has 0 saturated carbocycles. The number of hydrogen-bond donors (Lipinski definition) is 0. The molecule has 122 valence electrons. The van der Waals surface area contributed by atoms with Crippen LogP contribution in [0.15, 0.2) is 36.9 Å². The quantitative estimate of drug-likeness (QED) is 0.568. The molecular weight excluding hydrogens is 280 g/mol. The third-order valence-corrected chi connectivity index (χ3v) is 3.66. The highest BCUT2D eigenvalue weighted by Crippen LogP contribution is 2.28. The van der Waals surface area contributed by atoms with Gasteiger partial charge >= 0.3 is 0 Å². The van der Waals surface area contributed by atoms with Crippen LogP contribution in [0.2, 0.25) is 0 Å². The van der Waals surface area contributed by atoms with E-state index in [-0.39, 0.29) is 12.2 Å². The van der Waals surface area contributed by atoms with Gasteiger partial charge in [-0.1, -0.05) is 18.2 Å². The summed E-state index contributed by atoms with van der Waals surface area (Å²) in [5.74, 6) is 0.301. The minimum atomic E-state index is -0.558. The highest BCUT2D eigenvalue weighted by molar-refractivity contribution is 5.26. The highest BCUT2D eigenvalue weighted by Gasteiger charge is 2.33. The van der Waals surface area contributed by atoms with E-state index in [0.717, 1.165) is 24.2 Å². The molecule has 1 aliphatic rings. The van der Waals surface area contributed by atoms with E-state index in [1.807, 2.05) is 44.2 Å². The van der Waals surface area contributed by atoms with Crippen molar-refractivity contribution in [2.45, 2.75) is 51.3 Å². The van der Waals surface area contributed by atoms with Crippen LogP contribution in [0.25, 0.3) is 0 Å². The Hall–Kier alpha value is -1.36. The van der Waals surface area contributed by atoms with Gasteiger partial charge in [-0.25, -0.2) is 0 Å². The van der Waals surface area contributed by atoms with Crippen molar-refractivity contribution in [3.8, 4) is 5.75 Å². The second-order valence-corrected chi connectivity index (χ2v) is 5.96. The first kappa shape index (κ1) is 17.0.